The van der Waals surface area contributed by atoms with Crippen molar-refractivity contribution < 1.29 is 4.79 Å². The Morgan fingerprint density at radius 1 is 0.808 bits per heavy atom. The summed E-state index contributed by atoms with van der Waals surface area (Å²) >= 11 is 0. The van der Waals surface area contributed by atoms with Crippen LogP contribution >= 0.6 is 0 Å². The molecule has 0 aromatic heterocycles. The number of rotatable bonds is 4. The van der Waals surface area contributed by atoms with Crippen molar-refractivity contribution in [3.63, 3.8) is 0 Å². The zero-order valence-electron chi connectivity index (χ0n) is 14.6. The third-order valence-corrected chi connectivity index (χ3v) is 4.79. The number of amides is 1. The number of nitrogens with one attached hydrogen (secondary N) is 2. The van der Waals surface area contributed by atoms with Crippen molar-refractivity contribution in [2.24, 2.45) is 0 Å². The van der Waals surface area contributed by atoms with E-state index in [1.807, 2.05) is 36.4 Å². The summed E-state index contributed by atoms with van der Waals surface area (Å²) in [6, 6.07) is 26.7. The van der Waals surface area contributed by atoms with Crippen molar-refractivity contribution in [1.29, 1.82) is 0 Å². The molecule has 3 nitrogen and oxygen atoms in total. The average Bonchev–Trinajstić information content (AvgIpc) is 3.24. The van der Waals surface area contributed by atoms with E-state index < -0.39 is 0 Å². The van der Waals surface area contributed by atoms with E-state index in [0.717, 1.165) is 47.3 Å². The molecule has 3 aromatic carbocycles. The zero-order valence-corrected chi connectivity index (χ0v) is 14.6. The molecule has 26 heavy (non-hydrogen) atoms. The molecule has 1 saturated heterocycles. The second-order valence-electron chi connectivity index (χ2n) is 6.67. The van der Waals surface area contributed by atoms with Gasteiger partial charge in [-0.2, -0.15) is 0 Å². The molecule has 1 heterocycles. The molecule has 0 radical (unpaired) electrons. The molecule has 0 aliphatic carbocycles. The van der Waals surface area contributed by atoms with Gasteiger partial charge in [0.15, 0.2) is 0 Å². The first-order chi connectivity index (χ1) is 12.8. The molecule has 130 valence electrons. The van der Waals surface area contributed by atoms with Gasteiger partial charge >= 0.3 is 0 Å². The summed E-state index contributed by atoms with van der Waals surface area (Å²) in [5, 5.41) is 6.36. The Morgan fingerprint density at radius 2 is 1.38 bits per heavy atom. The Morgan fingerprint density at radius 3 is 1.88 bits per heavy atom. The Bertz CT molecular complexity index is 827. The van der Waals surface area contributed by atoms with E-state index in [2.05, 4.69) is 53.1 Å². The largest absolute Gasteiger partial charge is 0.325 e. The predicted octanol–water partition coefficient (Wildman–Crippen LogP) is 4.71. The second-order valence-corrected chi connectivity index (χ2v) is 6.67. The number of carbonyl (C=O) groups excluding carboxylic acids is 1. The van der Waals surface area contributed by atoms with Crippen molar-refractivity contribution in [3.8, 4) is 22.3 Å². The summed E-state index contributed by atoms with van der Waals surface area (Å²) in [5.41, 5.74) is 5.31. The maximum absolute atomic E-state index is 12.5. The molecule has 1 fully saturated rings. The van der Waals surface area contributed by atoms with Crippen molar-refractivity contribution in [2.45, 2.75) is 18.9 Å². The summed E-state index contributed by atoms with van der Waals surface area (Å²) in [4.78, 5) is 12.5. The lowest BCUT2D eigenvalue weighted by Crippen LogP contribution is -2.35. The van der Waals surface area contributed by atoms with Crippen LogP contribution in [0.5, 0.6) is 0 Å². The van der Waals surface area contributed by atoms with Gasteiger partial charge in [0.1, 0.15) is 0 Å². The van der Waals surface area contributed by atoms with Crippen LogP contribution in [0.25, 0.3) is 22.3 Å². The normalized spacial score (nSPS) is 16.4. The number of carbonyl (C=O) groups is 1. The zero-order chi connectivity index (χ0) is 17.8. The van der Waals surface area contributed by atoms with E-state index in [1.165, 1.54) is 0 Å². The van der Waals surface area contributed by atoms with Crippen LogP contribution in [-0.4, -0.2) is 18.5 Å². The van der Waals surface area contributed by atoms with Crippen molar-refractivity contribution in [1.82, 2.24) is 5.32 Å². The lowest BCUT2D eigenvalue weighted by Gasteiger charge is -2.14. The standard InChI is InChI=1S/C23H22N2O/c26-23(22-12-7-13-24-22)25-21-15-19(17-8-3-1-4-9-17)14-20(16-21)18-10-5-2-6-11-18/h1-6,8-11,14-16,22,24H,7,12-13H2,(H,25,26)/t22-/m1/s1. The van der Waals surface area contributed by atoms with Crippen LogP contribution in [0, 0.1) is 0 Å². The van der Waals surface area contributed by atoms with Crippen LogP contribution in [0.15, 0.2) is 78.9 Å². The van der Waals surface area contributed by atoms with Crippen LogP contribution < -0.4 is 10.6 Å². The predicted molar refractivity (Wildman–Crippen MR) is 107 cm³/mol. The molecule has 1 atom stereocenters. The average molecular weight is 342 g/mol. The highest BCUT2D eigenvalue weighted by Crippen LogP contribution is 2.30. The quantitative estimate of drug-likeness (QED) is 0.721. The van der Waals surface area contributed by atoms with Crippen LogP contribution in [0.3, 0.4) is 0 Å². The van der Waals surface area contributed by atoms with Crippen LogP contribution in [0.4, 0.5) is 5.69 Å². The van der Waals surface area contributed by atoms with E-state index in [4.69, 9.17) is 0 Å². The highest BCUT2D eigenvalue weighted by Gasteiger charge is 2.22. The summed E-state index contributed by atoms with van der Waals surface area (Å²) in [7, 11) is 0. The summed E-state index contributed by atoms with van der Waals surface area (Å²) in [6.07, 6.45) is 1.95. The van der Waals surface area contributed by atoms with Gasteiger partial charge in [0.2, 0.25) is 5.91 Å². The topological polar surface area (TPSA) is 41.1 Å². The van der Waals surface area contributed by atoms with Crippen LogP contribution in [0.2, 0.25) is 0 Å². The summed E-state index contributed by atoms with van der Waals surface area (Å²) < 4.78 is 0. The van der Waals surface area contributed by atoms with Crippen molar-refractivity contribution >= 4 is 11.6 Å². The monoisotopic (exact) mass is 342 g/mol. The lowest BCUT2D eigenvalue weighted by molar-refractivity contribution is -0.117. The van der Waals surface area contributed by atoms with Gasteiger partial charge in [-0.3, -0.25) is 4.79 Å². The fraction of sp³-hybridized carbons (Fsp3) is 0.174. The number of hydrogen-bond donors (Lipinski definition) is 2. The highest BCUT2D eigenvalue weighted by molar-refractivity contribution is 5.96. The Hall–Kier alpha value is -2.91. The fourth-order valence-electron chi connectivity index (χ4n) is 3.43. The summed E-state index contributed by atoms with van der Waals surface area (Å²) in [5.74, 6) is 0.0479. The molecule has 0 saturated carbocycles. The van der Waals surface area contributed by atoms with Crippen molar-refractivity contribution in [2.75, 3.05) is 11.9 Å². The first-order valence-electron chi connectivity index (χ1n) is 9.10. The molecule has 1 aliphatic rings. The van der Waals surface area contributed by atoms with E-state index in [-0.39, 0.29) is 11.9 Å². The van der Waals surface area contributed by atoms with E-state index in [1.54, 1.807) is 0 Å². The van der Waals surface area contributed by atoms with Gasteiger partial charge in [-0.15, -0.1) is 0 Å². The molecule has 0 unspecified atom stereocenters. The SMILES string of the molecule is O=C(Nc1cc(-c2ccccc2)cc(-c2ccccc2)c1)[C@H]1CCCN1. The van der Waals surface area contributed by atoms with E-state index in [9.17, 15) is 4.79 Å². The van der Waals surface area contributed by atoms with E-state index in [0.29, 0.717) is 0 Å². The van der Waals surface area contributed by atoms with Crippen molar-refractivity contribution in [3.05, 3.63) is 78.9 Å². The summed E-state index contributed by atoms with van der Waals surface area (Å²) in [6.45, 7) is 0.914. The van der Waals surface area contributed by atoms with Gasteiger partial charge in [0.05, 0.1) is 6.04 Å². The minimum absolute atomic E-state index is 0.0479. The molecule has 4 rings (SSSR count). The first kappa shape index (κ1) is 16.6. The third kappa shape index (κ3) is 3.68. The van der Waals surface area contributed by atoms with Gasteiger partial charge in [-0.1, -0.05) is 60.7 Å². The minimum atomic E-state index is -0.0874. The molecule has 1 aliphatic heterocycles. The Balaban J connectivity index is 1.71. The van der Waals surface area contributed by atoms with Gasteiger partial charge < -0.3 is 10.6 Å². The maximum atomic E-state index is 12.5. The van der Waals surface area contributed by atoms with Crippen LogP contribution in [0.1, 0.15) is 12.8 Å². The maximum Gasteiger partial charge on any atom is 0.241 e. The first-order valence-corrected chi connectivity index (χ1v) is 9.10. The molecule has 0 bridgehead atoms. The highest BCUT2D eigenvalue weighted by atomic mass is 16.2. The number of anilines is 1. The molecular weight excluding hydrogens is 320 g/mol. The number of benzene rings is 3. The molecule has 1 amide bonds. The van der Waals surface area contributed by atoms with Gasteiger partial charge in [0.25, 0.3) is 0 Å². The Kier molecular flexibility index (Phi) is 4.80. The second kappa shape index (κ2) is 7.54. The van der Waals surface area contributed by atoms with Gasteiger partial charge in [-0.05, 0) is 59.8 Å². The lowest BCUT2D eigenvalue weighted by atomic mass is 9.98. The molecule has 2 N–H and O–H groups in total. The van der Waals surface area contributed by atoms with Gasteiger partial charge in [-0.25, -0.2) is 0 Å². The van der Waals surface area contributed by atoms with E-state index >= 15 is 0 Å². The molecular formula is C23H22N2O. The fourth-order valence-corrected chi connectivity index (χ4v) is 3.43. The minimum Gasteiger partial charge on any atom is -0.325 e. The molecule has 0 spiro atoms. The number of hydrogen-bond acceptors (Lipinski definition) is 2. The Labute approximate surface area is 154 Å². The smallest absolute Gasteiger partial charge is 0.241 e. The molecule has 3 heteroatoms. The third-order valence-electron chi connectivity index (χ3n) is 4.79. The van der Waals surface area contributed by atoms with Crippen LogP contribution in [-0.2, 0) is 4.79 Å². The molecule has 3 aromatic rings. The van der Waals surface area contributed by atoms with Gasteiger partial charge in [0, 0.05) is 5.69 Å².